The summed E-state index contributed by atoms with van der Waals surface area (Å²) in [6, 6.07) is 10.9. The predicted octanol–water partition coefficient (Wildman–Crippen LogP) is 8.21. The zero-order valence-electron chi connectivity index (χ0n) is 33.7. The second-order valence-corrected chi connectivity index (χ2v) is 22.3. The quantitative estimate of drug-likeness (QED) is 0.114. The fourth-order valence-electron chi connectivity index (χ4n) is 8.80. The van der Waals surface area contributed by atoms with E-state index in [1.54, 1.807) is 34.7 Å². The van der Waals surface area contributed by atoms with Gasteiger partial charge in [0.1, 0.15) is 29.3 Å². The van der Waals surface area contributed by atoms with Crippen molar-refractivity contribution in [2.24, 2.45) is 5.92 Å². The minimum atomic E-state index is -0.716. The van der Waals surface area contributed by atoms with Crippen LogP contribution in [0.25, 0.3) is 44.7 Å². The van der Waals surface area contributed by atoms with Gasteiger partial charge < -0.3 is 29.7 Å². The Morgan fingerprint density at radius 2 is 1.78 bits per heavy atom. The van der Waals surface area contributed by atoms with Crippen LogP contribution >= 0.6 is 21.4 Å². The number of benzene rings is 2. The van der Waals surface area contributed by atoms with Crippen molar-refractivity contribution in [3.63, 3.8) is 0 Å². The second-order valence-electron chi connectivity index (χ2n) is 17.1. The van der Waals surface area contributed by atoms with Gasteiger partial charge in [-0.3, -0.25) is 14.7 Å². The number of nitrogens with zero attached hydrogens (tertiary/aromatic N) is 5. The molecule has 0 radical (unpaired) electrons. The number of halogens is 1. The molecule has 13 nitrogen and oxygen atoms in total. The Morgan fingerprint density at radius 3 is 2.53 bits per heavy atom. The highest BCUT2D eigenvalue weighted by Gasteiger charge is 2.39. The summed E-state index contributed by atoms with van der Waals surface area (Å²) in [5, 5.41) is 8.35. The van der Waals surface area contributed by atoms with Gasteiger partial charge in [0.25, 0.3) is 0 Å². The van der Waals surface area contributed by atoms with Crippen LogP contribution in [-0.4, -0.2) is 90.2 Å². The maximum Gasteiger partial charge on any atom is 0.407 e. The highest BCUT2D eigenvalue weighted by molar-refractivity contribution is 8.32. The summed E-state index contributed by atoms with van der Waals surface area (Å²) in [6.07, 6.45) is 12.8. The topological polar surface area (TPSA) is 155 Å². The molecule has 4 aromatic heterocycles. The average Bonchev–Trinajstić information content (AvgIpc) is 3.90. The number of ether oxygens (including phenoxy) is 2. The Labute approximate surface area is 346 Å². The van der Waals surface area contributed by atoms with E-state index >= 15 is 4.39 Å². The van der Waals surface area contributed by atoms with Gasteiger partial charge in [0.05, 0.1) is 69.6 Å². The lowest BCUT2D eigenvalue weighted by atomic mass is 10.0. The number of rotatable bonds is 9. The fraction of sp³-hybridized carbons (Fsp3) is 0.419. The number of aromatic nitrogens is 6. The van der Waals surface area contributed by atoms with Gasteiger partial charge in [0.15, 0.2) is 0 Å². The molecule has 2 amide bonds. The van der Waals surface area contributed by atoms with Crippen LogP contribution in [0.5, 0.6) is 5.75 Å². The van der Waals surface area contributed by atoms with Gasteiger partial charge in [-0.15, -0.1) is 11.3 Å². The first kappa shape index (κ1) is 38.0. The Morgan fingerprint density at radius 1 is 1.00 bits per heavy atom. The minimum absolute atomic E-state index is 0.129. The van der Waals surface area contributed by atoms with E-state index in [-0.39, 0.29) is 29.7 Å². The molecule has 0 spiro atoms. The molecule has 3 fully saturated rings. The van der Waals surface area contributed by atoms with Crippen LogP contribution in [0.3, 0.4) is 0 Å². The van der Waals surface area contributed by atoms with Crippen molar-refractivity contribution in [2.45, 2.75) is 69.8 Å². The van der Waals surface area contributed by atoms with Crippen LogP contribution in [0.2, 0.25) is 0 Å². The summed E-state index contributed by atoms with van der Waals surface area (Å²) >= 11 is 1.67. The molecule has 7 heterocycles. The van der Waals surface area contributed by atoms with Crippen molar-refractivity contribution in [1.29, 1.82) is 0 Å². The van der Waals surface area contributed by atoms with E-state index in [2.05, 4.69) is 49.8 Å². The molecule has 3 aliphatic heterocycles. The van der Waals surface area contributed by atoms with E-state index in [0.29, 0.717) is 35.2 Å². The summed E-state index contributed by atoms with van der Waals surface area (Å²) in [5.41, 5.74) is 5.17. The highest BCUT2D eigenvalue weighted by Crippen LogP contribution is 2.50. The zero-order valence-corrected chi connectivity index (χ0v) is 35.3. The maximum atomic E-state index is 16.6. The van der Waals surface area contributed by atoms with Crippen molar-refractivity contribution < 1.29 is 23.5 Å². The van der Waals surface area contributed by atoms with Crippen molar-refractivity contribution in [2.75, 3.05) is 37.8 Å². The molecule has 6 aromatic rings. The van der Waals surface area contributed by atoms with Crippen molar-refractivity contribution in [3.05, 3.63) is 82.3 Å². The molecule has 16 heteroatoms. The Balaban J connectivity index is 0.990. The number of carbonyl (C=O) groups is 2. The van der Waals surface area contributed by atoms with E-state index in [1.807, 2.05) is 38.2 Å². The van der Waals surface area contributed by atoms with E-state index in [0.717, 1.165) is 86.6 Å². The Kier molecular flexibility index (Phi) is 9.36. The minimum Gasteiger partial charge on any atom is -0.464 e. The molecule has 0 bridgehead atoms. The van der Waals surface area contributed by atoms with Gasteiger partial charge in [-0.05, 0) is 74.4 Å². The molecule has 4 aliphatic rings. The number of fused-ring (bicyclic) bond motifs is 5. The van der Waals surface area contributed by atoms with Gasteiger partial charge in [-0.2, -0.15) is 0 Å². The summed E-state index contributed by atoms with van der Waals surface area (Å²) < 4.78 is 30.3. The molecule has 1 saturated carbocycles. The summed E-state index contributed by atoms with van der Waals surface area (Å²) in [4.78, 5) is 49.8. The second kappa shape index (κ2) is 14.5. The maximum absolute atomic E-state index is 16.6. The molecular weight excluding hydrogens is 790 g/mol. The van der Waals surface area contributed by atoms with E-state index < -0.39 is 28.4 Å². The molecule has 0 unspecified atom stereocenters. The molecule has 4 atom stereocenters. The lowest BCUT2D eigenvalue weighted by molar-refractivity contribution is -0.135. The molecule has 4 N–H and O–H groups in total. The normalized spacial score (nSPS) is 21.9. The SMILES string of the molecule is COC(=O)N[C@H](C(=O)N1CCC[C@H]1c1ncc(-c2ccc3c(c2)cc2n3[C@H](c3cnc(C4CC4)s3)Oc3cc(-c4cnc([C@@H]5CS(C)(C)CN5)[nH]4)cc(F)c3-2)[nH]1)C(C)C. The first-order chi connectivity index (χ1) is 28.4. The zero-order chi connectivity index (χ0) is 40.7. The number of aromatic amines is 2. The molecule has 10 rings (SSSR count). The number of likely N-dealkylation sites (tertiary alicyclic amines) is 1. The van der Waals surface area contributed by atoms with E-state index in [4.69, 9.17) is 24.4 Å². The van der Waals surface area contributed by atoms with Crippen LogP contribution in [0.4, 0.5) is 9.18 Å². The smallest absolute Gasteiger partial charge is 0.407 e. The molecular formula is C43H48FN9O4S2. The third-order valence-corrected chi connectivity index (χ3v) is 15.4. The lowest BCUT2D eigenvalue weighted by Gasteiger charge is -2.30. The van der Waals surface area contributed by atoms with Crippen LogP contribution in [0.15, 0.2) is 55.0 Å². The summed E-state index contributed by atoms with van der Waals surface area (Å²) in [7, 11) is 0.576. The van der Waals surface area contributed by atoms with Crippen LogP contribution < -0.4 is 15.4 Å². The molecule has 59 heavy (non-hydrogen) atoms. The number of thiazole rings is 1. The number of methoxy groups -OCH3 is 1. The van der Waals surface area contributed by atoms with Gasteiger partial charge in [0.2, 0.25) is 12.1 Å². The fourth-order valence-corrected chi connectivity index (χ4v) is 11.9. The molecule has 2 saturated heterocycles. The standard InChI is InChI=1S/C43H48FN9O4S2/c1-22(2)37(51-43(55)56-3)41(54)52-12-6-7-32(52)39-46-17-28(50-39)24-10-11-31-26(13-24)15-33-36-27(44)14-25(29-18-45-38(49-29)30-20-59(4,5)21-48-30)16-34(36)57-42(53(31)33)35-19-47-40(58-35)23-8-9-23/h10-11,13-19,22-23,30,32,37,42,48H,6-9,12,20-21H2,1-5H3,(H,45,49)(H,46,50)(H,51,55)/t30-,32-,37-,42-/m0/s1. The first-order valence-electron chi connectivity index (χ1n) is 20.2. The van der Waals surface area contributed by atoms with Crippen LogP contribution in [-0.2, 0) is 9.53 Å². The monoisotopic (exact) mass is 837 g/mol. The van der Waals surface area contributed by atoms with Gasteiger partial charge in [-0.1, -0.05) is 19.9 Å². The van der Waals surface area contributed by atoms with E-state index in [9.17, 15) is 9.59 Å². The van der Waals surface area contributed by atoms with Crippen LogP contribution in [0, 0.1) is 11.7 Å². The van der Waals surface area contributed by atoms with Gasteiger partial charge in [-0.25, -0.2) is 34.2 Å². The van der Waals surface area contributed by atoms with E-state index in [1.165, 1.54) is 7.11 Å². The molecule has 308 valence electrons. The number of imidazole rings is 2. The number of hydrogen-bond acceptors (Lipinski definition) is 9. The number of H-pyrrole nitrogens is 2. The van der Waals surface area contributed by atoms with Gasteiger partial charge in [0, 0.05) is 46.8 Å². The Bertz CT molecular complexity index is 2610. The third kappa shape index (κ3) is 6.88. The van der Waals surface area contributed by atoms with Crippen molar-refractivity contribution >= 4 is 44.3 Å². The lowest BCUT2D eigenvalue weighted by Crippen LogP contribution is -2.51. The van der Waals surface area contributed by atoms with Crippen molar-refractivity contribution in [1.82, 2.24) is 45.0 Å². The van der Waals surface area contributed by atoms with Crippen LogP contribution in [0.1, 0.15) is 85.3 Å². The highest BCUT2D eigenvalue weighted by atomic mass is 32.3. The average molecular weight is 838 g/mol. The number of hydrogen-bond donors (Lipinski definition) is 4. The summed E-state index contributed by atoms with van der Waals surface area (Å²) in [5.74, 6) is 3.90. The number of nitrogens with one attached hydrogen (secondary N) is 4. The first-order valence-corrected chi connectivity index (χ1v) is 23.8. The third-order valence-electron chi connectivity index (χ3n) is 12.1. The molecule has 2 aromatic carbocycles. The largest absolute Gasteiger partial charge is 0.464 e. The van der Waals surface area contributed by atoms with Gasteiger partial charge >= 0.3 is 6.09 Å². The number of alkyl carbamates (subject to hydrolysis) is 1. The van der Waals surface area contributed by atoms with Crippen molar-refractivity contribution in [3.8, 4) is 39.5 Å². The number of amides is 2. The summed E-state index contributed by atoms with van der Waals surface area (Å²) in [6.45, 7) is 4.37. The molecule has 1 aliphatic carbocycles. The number of carbonyl (C=O) groups excluding carboxylic acids is 2. The predicted molar refractivity (Wildman–Crippen MR) is 228 cm³/mol. The Hall–Kier alpha value is -5.19.